The number of amides is 5. The molecule has 1 heterocycles. The van der Waals surface area contributed by atoms with Crippen molar-refractivity contribution < 1.29 is 57.7 Å². The standard InChI is InChI=1S/C40H51F2IN6O10/c1-40(2,23-43)37(31-18-25(27-19-26(41)8-9-28(27)42)21-48(31)20-24-6-4-3-5-7-24)49(35(54)22-50)17-15-29(46-33(52)12-11-32(44)51)38(57)45-16-14-34(53)47-30(39(58)59)10-13-36(55)56/h3-9,19,21,29-31,37,50H,10-18,20,22-23H2,1-2H3,(H2,44,51)(H,45,57)(H,46,52)(H,47,53)(H,55,56)(H,58,59)/t29-,30+,31?,37-/m0/s1. The van der Waals surface area contributed by atoms with Crippen molar-refractivity contribution in [3.05, 3.63) is 77.5 Å². The van der Waals surface area contributed by atoms with Gasteiger partial charge in [-0.15, -0.1) is 0 Å². The Morgan fingerprint density at radius 3 is 2.20 bits per heavy atom. The van der Waals surface area contributed by atoms with Crippen LogP contribution in [0.4, 0.5) is 8.78 Å². The Hall–Kier alpha value is -5.18. The van der Waals surface area contributed by atoms with Gasteiger partial charge in [0.1, 0.15) is 30.3 Å². The number of nitrogens with zero attached hydrogens (tertiary/aromatic N) is 2. The number of alkyl halides is 1. The molecule has 2 aromatic carbocycles. The van der Waals surface area contributed by atoms with Crippen molar-refractivity contribution in [3.63, 3.8) is 0 Å². The number of rotatable bonds is 24. The minimum absolute atomic E-state index is 0.0551. The first kappa shape index (κ1) is 48.2. The van der Waals surface area contributed by atoms with E-state index in [1.54, 1.807) is 6.20 Å². The van der Waals surface area contributed by atoms with E-state index in [1.165, 1.54) is 4.90 Å². The molecule has 59 heavy (non-hydrogen) atoms. The van der Waals surface area contributed by atoms with Gasteiger partial charge in [-0.3, -0.25) is 28.8 Å². The van der Waals surface area contributed by atoms with Gasteiger partial charge in [0.25, 0.3) is 0 Å². The van der Waals surface area contributed by atoms with Crippen LogP contribution in [0.5, 0.6) is 0 Å². The number of benzene rings is 2. The fourth-order valence-electron chi connectivity index (χ4n) is 6.86. The first-order valence-electron chi connectivity index (χ1n) is 18.9. The Balaban J connectivity index is 1.94. The summed E-state index contributed by atoms with van der Waals surface area (Å²) in [4.78, 5) is 90.0. The molecule has 0 bridgehead atoms. The number of hydrogen-bond donors (Lipinski definition) is 7. The number of nitrogens with one attached hydrogen (secondary N) is 3. The zero-order valence-electron chi connectivity index (χ0n) is 32.8. The maximum absolute atomic E-state index is 15.2. The highest BCUT2D eigenvalue weighted by molar-refractivity contribution is 14.1. The molecule has 1 aliphatic heterocycles. The van der Waals surface area contributed by atoms with Crippen LogP contribution in [0.3, 0.4) is 0 Å². The van der Waals surface area contributed by atoms with E-state index >= 15 is 4.39 Å². The topological polar surface area (TPSA) is 249 Å². The van der Waals surface area contributed by atoms with Gasteiger partial charge in [-0.2, -0.15) is 0 Å². The number of carbonyl (C=O) groups is 7. The number of carboxylic acid groups (broad SMARTS) is 2. The molecule has 19 heteroatoms. The van der Waals surface area contributed by atoms with Gasteiger partial charge in [-0.05, 0) is 54.0 Å². The molecular weight excluding hydrogens is 889 g/mol. The Morgan fingerprint density at radius 1 is 0.932 bits per heavy atom. The van der Waals surface area contributed by atoms with Gasteiger partial charge in [0.15, 0.2) is 0 Å². The third-order valence-electron chi connectivity index (χ3n) is 9.80. The van der Waals surface area contributed by atoms with Crippen LogP contribution >= 0.6 is 22.6 Å². The molecule has 0 fully saturated rings. The average molecular weight is 941 g/mol. The summed E-state index contributed by atoms with van der Waals surface area (Å²) in [6, 6.07) is 8.42. The molecule has 1 aliphatic rings. The highest BCUT2D eigenvalue weighted by Gasteiger charge is 2.46. The number of nitrogens with two attached hydrogens (primary N) is 1. The second kappa shape index (κ2) is 22.8. The Bertz CT molecular complexity index is 1870. The summed E-state index contributed by atoms with van der Waals surface area (Å²) >= 11 is 2.18. The number of aliphatic hydroxyl groups is 1. The maximum atomic E-state index is 15.2. The van der Waals surface area contributed by atoms with Crippen LogP contribution in [0.2, 0.25) is 0 Å². The summed E-state index contributed by atoms with van der Waals surface area (Å²) in [5, 5.41) is 35.8. The van der Waals surface area contributed by atoms with Crippen LogP contribution < -0.4 is 21.7 Å². The van der Waals surface area contributed by atoms with Crippen LogP contribution in [-0.4, -0.2) is 115 Å². The molecule has 16 nitrogen and oxygen atoms in total. The summed E-state index contributed by atoms with van der Waals surface area (Å²) < 4.78 is 30.2. The molecule has 3 rings (SSSR count). The molecule has 0 saturated carbocycles. The van der Waals surface area contributed by atoms with Crippen LogP contribution in [0.1, 0.15) is 69.9 Å². The van der Waals surface area contributed by atoms with E-state index in [4.69, 9.17) is 10.8 Å². The zero-order chi connectivity index (χ0) is 43.9. The number of halogens is 3. The molecule has 0 saturated heterocycles. The molecule has 5 amide bonds. The zero-order valence-corrected chi connectivity index (χ0v) is 35.0. The number of aliphatic carboxylic acids is 2. The van der Waals surface area contributed by atoms with E-state index in [1.807, 2.05) is 49.1 Å². The fourth-order valence-corrected chi connectivity index (χ4v) is 7.31. The van der Waals surface area contributed by atoms with Gasteiger partial charge in [-0.25, -0.2) is 13.6 Å². The van der Waals surface area contributed by atoms with Crippen molar-refractivity contribution >= 4 is 69.6 Å². The van der Waals surface area contributed by atoms with Crippen molar-refractivity contribution in [1.82, 2.24) is 25.8 Å². The van der Waals surface area contributed by atoms with Crippen LogP contribution in [0, 0.1) is 17.0 Å². The quantitative estimate of drug-likeness (QED) is 0.0595. The van der Waals surface area contributed by atoms with Gasteiger partial charge < -0.3 is 46.8 Å². The number of carbonyl (C=O) groups excluding carboxylic acids is 5. The molecule has 0 aromatic heterocycles. The fraction of sp³-hybridized carbons (Fsp3) is 0.475. The van der Waals surface area contributed by atoms with Gasteiger partial charge in [0.05, 0.1) is 12.1 Å². The van der Waals surface area contributed by atoms with E-state index in [2.05, 4.69) is 38.5 Å². The van der Waals surface area contributed by atoms with E-state index in [0.29, 0.717) is 16.5 Å². The lowest BCUT2D eigenvalue weighted by Crippen LogP contribution is -2.60. The van der Waals surface area contributed by atoms with Crippen molar-refractivity contribution in [1.29, 1.82) is 0 Å². The number of primary amides is 1. The predicted molar refractivity (Wildman–Crippen MR) is 219 cm³/mol. The van der Waals surface area contributed by atoms with E-state index in [9.17, 15) is 48.2 Å². The summed E-state index contributed by atoms with van der Waals surface area (Å²) in [5.41, 5.74) is 5.93. The maximum Gasteiger partial charge on any atom is 0.326 e. The van der Waals surface area contributed by atoms with Gasteiger partial charge in [0, 0.05) is 61.5 Å². The Labute approximate surface area is 354 Å². The number of carboxylic acids is 2. The number of hydrogen-bond acceptors (Lipinski definition) is 9. The normalized spacial score (nSPS) is 15.3. The molecule has 0 aliphatic carbocycles. The van der Waals surface area contributed by atoms with Crippen LogP contribution in [0.25, 0.3) is 5.57 Å². The van der Waals surface area contributed by atoms with Crippen molar-refractivity contribution in [2.75, 3.05) is 24.1 Å². The molecule has 1 unspecified atom stereocenters. The second-order valence-electron chi connectivity index (χ2n) is 14.8. The summed E-state index contributed by atoms with van der Waals surface area (Å²) in [7, 11) is 0. The number of aliphatic hydroxyl groups excluding tert-OH is 1. The average Bonchev–Trinajstić information content (AvgIpc) is 3.59. The Kier molecular flexibility index (Phi) is 18.6. The van der Waals surface area contributed by atoms with Crippen LogP contribution in [-0.2, 0) is 40.1 Å². The van der Waals surface area contributed by atoms with Gasteiger partial charge >= 0.3 is 11.9 Å². The third-order valence-corrected chi connectivity index (χ3v) is 11.8. The first-order valence-corrected chi connectivity index (χ1v) is 20.4. The molecule has 4 atom stereocenters. The molecule has 8 N–H and O–H groups in total. The second-order valence-corrected chi connectivity index (χ2v) is 15.6. The van der Waals surface area contributed by atoms with Gasteiger partial charge in [-0.1, -0.05) is 66.8 Å². The molecule has 0 radical (unpaired) electrons. The van der Waals surface area contributed by atoms with Crippen molar-refractivity contribution in [3.8, 4) is 0 Å². The minimum atomic E-state index is -1.48. The highest BCUT2D eigenvalue weighted by Crippen LogP contribution is 2.41. The predicted octanol–water partition coefficient (Wildman–Crippen LogP) is 2.31. The molecule has 0 spiro atoms. The molecular formula is C40H51F2IN6O10. The Morgan fingerprint density at radius 2 is 1.59 bits per heavy atom. The van der Waals surface area contributed by atoms with Gasteiger partial charge in [0.2, 0.25) is 29.5 Å². The monoisotopic (exact) mass is 940 g/mol. The first-order chi connectivity index (χ1) is 27.9. The van der Waals surface area contributed by atoms with Crippen molar-refractivity contribution in [2.45, 2.75) is 89.5 Å². The third kappa shape index (κ3) is 14.9. The lowest BCUT2D eigenvalue weighted by atomic mass is 9.78. The summed E-state index contributed by atoms with van der Waals surface area (Å²) in [6.45, 7) is 2.71. The van der Waals surface area contributed by atoms with E-state index in [-0.39, 0.29) is 50.8 Å². The lowest BCUT2D eigenvalue weighted by molar-refractivity contribution is -0.143. The van der Waals surface area contributed by atoms with Crippen LogP contribution in [0.15, 0.2) is 54.7 Å². The SMILES string of the molecule is CC(C)(CI)[C@H](C1CC(c2cc(F)ccc2F)=CN1Cc1ccccc1)N(CC[C@H](NC(=O)CCC(N)=O)C(=O)NCCC(=O)N[C@H](CCC(=O)O)C(=O)O)C(=O)CO. The highest BCUT2D eigenvalue weighted by atomic mass is 127. The molecule has 2 aromatic rings. The largest absolute Gasteiger partial charge is 0.481 e. The van der Waals surface area contributed by atoms with Crippen molar-refractivity contribution in [2.24, 2.45) is 11.1 Å². The lowest BCUT2D eigenvalue weighted by Gasteiger charge is -2.47. The summed E-state index contributed by atoms with van der Waals surface area (Å²) in [6.07, 6.45) is -0.289. The smallest absolute Gasteiger partial charge is 0.326 e. The van der Waals surface area contributed by atoms with E-state index in [0.717, 1.165) is 23.8 Å². The minimum Gasteiger partial charge on any atom is -0.481 e. The van der Waals surface area contributed by atoms with E-state index < -0.39 is 102 Å². The molecule has 322 valence electrons. The summed E-state index contributed by atoms with van der Waals surface area (Å²) in [5.74, 6) is -7.73.